The van der Waals surface area contributed by atoms with E-state index in [-0.39, 0.29) is 12.1 Å². The van der Waals surface area contributed by atoms with Crippen molar-refractivity contribution in [3.8, 4) is 5.75 Å². The minimum absolute atomic E-state index is 0.209. The van der Waals surface area contributed by atoms with E-state index in [0.29, 0.717) is 5.75 Å². The first-order valence-electron chi connectivity index (χ1n) is 12.2. The van der Waals surface area contributed by atoms with E-state index in [1.807, 2.05) is 48.5 Å². The van der Waals surface area contributed by atoms with Crippen LogP contribution in [0, 0.1) is 0 Å². The summed E-state index contributed by atoms with van der Waals surface area (Å²) < 4.78 is 11.3. The standard InChI is InChI=1S/C31H30O3/c32-31(33-28-20-19-25-16-8-9-17-26(25)22-28)30-29(34-30)27-18-10-15-24(21-27)14-5-2-1-4-11-23-12-6-3-7-13-23/h3,6-10,12-13,15-22,29-30H,1-2,4-5,11,14H2/t29-,30-/m1/s1. The van der Waals surface area contributed by atoms with E-state index in [1.54, 1.807) is 0 Å². The van der Waals surface area contributed by atoms with E-state index in [9.17, 15) is 4.79 Å². The Labute approximate surface area is 201 Å². The van der Waals surface area contributed by atoms with Gasteiger partial charge in [0.05, 0.1) is 0 Å². The van der Waals surface area contributed by atoms with Gasteiger partial charge in [-0.15, -0.1) is 0 Å². The molecular formula is C31H30O3. The van der Waals surface area contributed by atoms with Crippen molar-refractivity contribution in [3.05, 3.63) is 114 Å². The third-order valence-electron chi connectivity index (χ3n) is 6.47. The van der Waals surface area contributed by atoms with Gasteiger partial charge < -0.3 is 9.47 Å². The van der Waals surface area contributed by atoms with Gasteiger partial charge >= 0.3 is 5.97 Å². The molecule has 1 aliphatic rings. The fourth-order valence-electron chi connectivity index (χ4n) is 4.53. The number of unbranched alkanes of at least 4 members (excludes halogenated alkanes) is 3. The minimum atomic E-state index is -0.528. The van der Waals surface area contributed by atoms with Crippen LogP contribution in [0.15, 0.2) is 97.1 Å². The summed E-state index contributed by atoms with van der Waals surface area (Å²) in [5.74, 6) is 0.225. The summed E-state index contributed by atoms with van der Waals surface area (Å²) in [6.45, 7) is 0. The highest BCUT2D eigenvalue weighted by atomic mass is 16.6. The summed E-state index contributed by atoms with van der Waals surface area (Å²) in [6.07, 6.45) is 6.38. The molecule has 1 heterocycles. The van der Waals surface area contributed by atoms with Crippen LogP contribution < -0.4 is 4.74 Å². The Morgan fingerprint density at radius 1 is 0.676 bits per heavy atom. The molecule has 172 valence electrons. The van der Waals surface area contributed by atoms with E-state index in [1.165, 1.54) is 36.8 Å². The number of rotatable bonds is 10. The SMILES string of the molecule is O=C(Oc1ccc2ccccc2c1)[C@@H]1O[C@@H]1c1cccc(CCCCCCc2ccccc2)c1. The van der Waals surface area contributed by atoms with Gasteiger partial charge in [0.1, 0.15) is 11.9 Å². The molecule has 1 aliphatic heterocycles. The lowest BCUT2D eigenvalue weighted by molar-refractivity contribution is -0.135. The van der Waals surface area contributed by atoms with Crippen LogP contribution in [0.3, 0.4) is 0 Å². The van der Waals surface area contributed by atoms with Crippen molar-refractivity contribution in [2.45, 2.75) is 50.7 Å². The maximum atomic E-state index is 12.6. The first-order chi connectivity index (χ1) is 16.8. The topological polar surface area (TPSA) is 38.8 Å². The molecule has 0 unspecified atom stereocenters. The van der Waals surface area contributed by atoms with Crippen molar-refractivity contribution in [1.82, 2.24) is 0 Å². The molecule has 0 bridgehead atoms. The van der Waals surface area contributed by atoms with Crippen molar-refractivity contribution in [2.24, 2.45) is 0 Å². The number of hydrogen-bond acceptors (Lipinski definition) is 3. The van der Waals surface area contributed by atoms with Gasteiger partial charge in [0.15, 0.2) is 6.10 Å². The molecule has 0 amide bonds. The van der Waals surface area contributed by atoms with Gasteiger partial charge in [-0.2, -0.15) is 0 Å². The molecule has 2 atom stereocenters. The van der Waals surface area contributed by atoms with Crippen LogP contribution in [-0.2, 0) is 22.4 Å². The van der Waals surface area contributed by atoms with Gasteiger partial charge in [-0.25, -0.2) is 4.79 Å². The maximum Gasteiger partial charge on any atom is 0.343 e. The van der Waals surface area contributed by atoms with E-state index < -0.39 is 6.10 Å². The molecule has 4 aromatic carbocycles. The zero-order valence-electron chi connectivity index (χ0n) is 19.4. The first kappa shape index (κ1) is 22.4. The van der Waals surface area contributed by atoms with Crippen LogP contribution in [0.25, 0.3) is 10.8 Å². The molecule has 0 spiro atoms. The Kier molecular flexibility index (Phi) is 7.02. The Balaban J connectivity index is 1.07. The lowest BCUT2D eigenvalue weighted by Crippen LogP contribution is -2.15. The smallest absolute Gasteiger partial charge is 0.343 e. The third kappa shape index (κ3) is 5.73. The number of carbonyl (C=O) groups is 1. The van der Waals surface area contributed by atoms with E-state index in [0.717, 1.165) is 29.2 Å². The molecular weight excluding hydrogens is 420 g/mol. The zero-order valence-corrected chi connectivity index (χ0v) is 19.4. The number of fused-ring (bicyclic) bond motifs is 1. The minimum Gasteiger partial charge on any atom is -0.425 e. The average molecular weight is 451 g/mol. The largest absolute Gasteiger partial charge is 0.425 e. The molecule has 0 aromatic heterocycles. The number of carbonyl (C=O) groups excluding carboxylic acids is 1. The summed E-state index contributed by atoms with van der Waals surface area (Å²) in [4.78, 5) is 12.6. The molecule has 1 saturated heterocycles. The van der Waals surface area contributed by atoms with Gasteiger partial charge in [0.25, 0.3) is 0 Å². The Hall–Kier alpha value is -3.43. The molecule has 3 heteroatoms. The van der Waals surface area contributed by atoms with Crippen LogP contribution >= 0.6 is 0 Å². The third-order valence-corrected chi connectivity index (χ3v) is 6.47. The normalized spacial score (nSPS) is 16.9. The monoisotopic (exact) mass is 450 g/mol. The van der Waals surface area contributed by atoms with Gasteiger partial charge in [0, 0.05) is 0 Å². The zero-order chi connectivity index (χ0) is 23.2. The highest BCUT2D eigenvalue weighted by Gasteiger charge is 2.47. The molecule has 5 rings (SSSR count). The van der Waals surface area contributed by atoms with Crippen LogP contribution in [-0.4, -0.2) is 12.1 Å². The predicted molar refractivity (Wildman–Crippen MR) is 136 cm³/mol. The maximum absolute atomic E-state index is 12.6. The molecule has 0 radical (unpaired) electrons. The number of hydrogen-bond donors (Lipinski definition) is 0. The van der Waals surface area contributed by atoms with Crippen molar-refractivity contribution in [3.63, 3.8) is 0 Å². The average Bonchev–Trinajstić information content (AvgIpc) is 3.68. The summed E-state index contributed by atoms with van der Waals surface area (Å²) >= 11 is 0. The summed E-state index contributed by atoms with van der Waals surface area (Å²) in [5.41, 5.74) is 3.79. The molecule has 4 aromatic rings. The van der Waals surface area contributed by atoms with Gasteiger partial charge in [0.2, 0.25) is 0 Å². The molecule has 0 N–H and O–H groups in total. The summed E-state index contributed by atoms with van der Waals surface area (Å²) in [6, 6.07) is 32.9. The summed E-state index contributed by atoms with van der Waals surface area (Å²) in [7, 11) is 0. The number of ether oxygens (including phenoxy) is 2. The molecule has 0 saturated carbocycles. The Morgan fingerprint density at radius 2 is 1.38 bits per heavy atom. The van der Waals surface area contributed by atoms with E-state index in [4.69, 9.17) is 9.47 Å². The van der Waals surface area contributed by atoms with Crippen molar-refractivity contribution in [1.29, 1.82) is 0 Å². The highest BCUT2D eigenvalue weighted by Crippen LogP contribution is 2.40. The van der Waals surface area contributed by atoms with E-state index in [2.05, 4.69) is 48.5 Å². The van der Waals surface area contributed by atoms with Crippen molar-refractivity contribution in [2.75, 3.05) is 0 Å². The van der Waals surface area contributed by atoms with Gasteiger partial charge in [-0.05, 0) is 65.3 Å². The predicted octanol–water partition coefficient (Wildman–Crippen LogP) is 7.23. The van der Waals surface area contributed by atoms with Gasteiger partial charge in [-0.1, -0.05) is 97.8 Å². The number of epoxide rings is 1. The quantitative estimate of drug-likeness (QED) is 0.111. The highest BCUT2D eigenvalue weighted by molar-refractivity contribution is 5.86. The van der Waals surface area contributed by atoms with Crippen LogP contribution in [0.4, 0.5) is 0 Å². The number of benzene rings is 4. The molecule has 1 fully saturated rings. The van der Waals surface area contributed by atoms with E-state index >= 15 is 0 Å². The second-order valence-electron chi connectivity index (χ2n) is 9.05. The number of aryl methyl sites for hydroxylation is 2. The van der Waals surface area contributed by atoms with Crippen LogP contribution in [0.5, 0.6) is 5.75 Å². The van der Waals surface area contributed by atoms with Crippen LogP contribution in [0.2, 0.25) is 0 Å². The Bertz CT molecular complexity index is 1250. The molecule has 34 heavy (non-hydrogen) atoms. The lowest BCUT2D eigenvalue weighted by atomic mass is 10.0. The fourth-order valence-corrected chi connectivity index (χ4v) is 4.53. The lowest BCUT2D eigenvalue weighted by Gasteiger charge is -2.06. The molecule has 3 nitrogen and oxygen atoms in total. The van der Waals surface area contributed by atoms with Crippen molar-refractivity contribution >= 4 is 16.7 Å². The van der Waals surface area contributed by atoms with Gasteiger partial charge in [-0.3, -0.25) is 0 Å². The Morgan fingerprint density at radius 3 is 2.21 bits per heavy atom. The van der Waals surface area contributed by atoms with Crippen LogP contribution in [0.1, 0.15) is 48.5 Å². The second-order valence-corrected chi connectivity index (χ2v) is 9.05. The molecule has 0 aliphatic carbocycles. The van der Waals surface area contributed by atoms with Crippen molar-refractivity contribution < 1.29 is 14.3 Å². The first-order valence-corrected chi connectivity index (χ1v) is 12.2. The number of esters is 1. The second kappa shape index (κ2) is 10.7. The summed E-state index contributed by atoms with van der Waals surface area (Å²) in [5, 5.41) is 2.17. The fraction of sp³-hybridized carbons (Fsp3) is 0.258.